The normalized spacial score (nSPS) is 14.6. The zero-order valence-electron chi connectivity index (χ0n) is 6.95. The molecule has 1 aliphatic heterocycles. The Labute approximate surface area is 71.0 Å². The summed E-state index contributed by atoms with van der Waals surface area (Å²) in [7, 11) is 2.06. The van der Waals surface area contributed by atoms with Crippen LogP contribution in [0, 0.1) is 4.91 Å². The van der Waals surface area contributed by atoms with Gasteiger partial charge in [-0.15, -0.1) is 4.91 Å². The molecule has 3 heteroatoms. The Balaban J connectivity index is 2.48. The largest absolute Gasteiger partial charge is 0.374 e. The first-order valence-corrected chi connectivity index (χ1v) is 3.98. The van der Waals surface area contributed by atoms with Crippen molar-refractivity contribution in [1.82, 2.24) is 0 Å². The third-order valence-electron chi connectivity index (χ3n) is 2.30. The fourth-order valence-corrected chi connectivity index (χ4v) is 1.61. The van der Waals surface area contributed by atoms with E-state index >= 15 is 0 Å². The maximum absolute atomic E-state index is 10.2. The van der Waals surface area contributed by atoms with Crippen molar-refractivity contribution in [3.63, 3.8) is 0 Å². The van der Waals surface area contributed by atoms with Crippen molar-refractivity contribution < 1.29 is 0 Å². The average molecular weight is 162 g/mol. The molecule has 0 fully saturated rings. The molecule has 0 spiro atoms. The minimum Gasteiger partial charge on any atom is -0.374 e. The lowest BCUT2D eigenvalue weighted by molar-refractivity contribution is 0.956. The summed E-state index contributed by atoms with van der Waals surface area (Å²) in [5, 5.41) is 2.90. The lowest BCUT2D eigenvalue weighted by atomic mass is 10.1. The molecule has 1 heterocycles. The van der Waals surface area contributed by atoms with Gasteiger partial charge in [0.25, 0.3) is 0 Å². The van der Waals surface area contributed by atoms with Crippen molar-refractivity contribution in [3.05, 3.63) is 28.7 Å². The van der Waals surface area contributed by atoms with E-state index in [2.05, 4.69) is 17.1 Å². The number of anilines is 1. The van der Waals surface area contributed by atoms with Gasteiger partial charge in [0.2, 0.25) is 0 Å². The first kappa shape index (κ1) is 7.28. The van der Waals surface area contributed by atoms with E-state index in [9.17, 15) is 4.91 Å². The summed E-state index contributed by atoms with van der Waals surface area (Å²) >= 11 is 0. The molecule has 0 atom stereocenters. The van der Waals surface area contributed by atoms with E-state index in [0.29, 0.717) is 5.69 Å². The van der Waals surface area contributed by atoms with Crippen LogP contribution in [0.3, 0.4) is 0 Å². The number of fused-ring (bicyclic) bond motifs is 1. The van der Waals surface area contributed by atoms with Crippen molar-refractivity contribution in [3.8, 4) is 0 Å². The number of benzene rings is 1. The highest BCUT2D eigenvalue weighted by atomic mass is 16.3. The Bertz CT molecular complexity index is 322. The molecule has 12 heavy (non-hydrogen) atoms. The molecule has 0 aliphatic carbocycles. The lowest BCUT2D eigenvalue weighted by Gasteiger charge is -2.10. The molecule has 1 aromatic rings. The van der Waals surface area contributed by atoms with Crippen LogP contribution in [0.5, 0.6) is 0 Å². The van der Waals surface area contributed by atoms with E-state index in [1.807, 2.05) is 12.1 Å². The zero-order chi connectivity index (χ0) is 8.55. The first-order valence-electron chi connectivity index (χ1n) is 3.98. The van der Waals surface area contributed by atoms with Crippen molar-refractivity contribution in [2.75, 3.05) is 18.5 Å². The van der Waals surface area contributed by atoms with E-state index in [1.54, 1.807) is 6.07 Å². The molecular weight excluding hydrogens is 152 g/mol. The van der Waals surface area contributed by atoms with Gasteiger partial charge in [-0.2, -0.15) is 0 Å². The van der Waals surface area contributed by atoms with Crippen LogP contribution in [0.25, 0.3) is 0 Å². The predicted octanol–water partition coefficient (Wildman–Crippen LogP) is 2.08. The van der Waals surface area contributed by atoms with Gasteiger partial charge in [-0.3, -0.25) is 0 Å². The van der Waals surface area contributed by atoms with Gasteiger partial charge in [-0.25, -0.2) is 0 Å². The van der Waals surface area contributed by atoms with Crippen molar-refractivity contribution in [1.29, 1.82) is 0 Å². The molecule has 0 saturated carbocycles. The number of likely N-dealkylation sites (N-methyl/N-ethyl adjacent to an activating group) is 1. The zero-order valence-corrected chi connectivity index (χ0v) is 6.95. The lowest BCUT2D eigenvalue weighted by Crippen LogP contribution is -2.12. The summed E-state index contributed by atoms with van der Waals surface area (Å²) in [4.78, 5) is 12.4. The maximum Gasteiger partial charge on any atom is 0.108 e. The fraction of sp³-hybridized carbons (Fsp3) is 0.333. The van der Waals surface area contributed by atoms with E-state index in [0.717, 1.165) is 13.0 Å². The van der Waals surface area contributed by atoms with Crippen LogP contribution >= 0.6 is 0 Å². The van der Waals surface area contributed by atoms with Crippen LogP contribution in [0.15, 0.2) is 23.4 Å². The molecule has 0 aromatic heterocycles. The Hall–Kier alpha value is -1.38. The van der Waals surface area contributed by atoms with Gasteiger partial charge in [0.05, 0.1) is 0 Å². The smallest absolute Gasteiger partial charge is 0.108 e. The van der Waals surface area contributed by atoms with Gasteiger partial charge in [0, 0.05) is 19.3 Å². The molecule has 3 nitrogen and oxygen atoms in total. The standard InChI is InChI=1S/C9H10N2O/c1-11-5-4-7-6-8(10-12)2-3-9(7)11/h2-3,6H,4-5H2,1H3. The van der Waals surface area contributed by atoms with Gasteiger partial charge >= 0.3 is 0 Å². The van der Waals surface area contributed by atoms with Crippen LogP contribution in [0.2, 0.25) is 0 Å². The summed E-state index contributed by atoms with van der Waals surface area (Å²) in [6.45, 7) is 1.04. The highest BCUT2D eigenvalue weighted by Gasteiger charge is 2.15. The first-order chi connectivity index (χ1) is 5.81. The molecule has 0 unspecified atom stereocenters. The van der Waals surface area contributed by atoms with Crippen molar-refractivity contribution in [2.45, 2.75) is 6.42 Å². The molecule has 1 aromatic carbocycles. The molecule has 0 N–H and O–H groups in total. The quantitative estimate of drug-likeness (QED) is 0.592. The average Bonchev–Trinajstić information content (AvgIpc) is 2.47. The highest BCUT2D eigenvalue weighted by Crippen LogP contribution is 2.29. The Morgan fingerprint density at radius 2 is 2.33 bits per heavy atom. The summed E-state index contributed by atoms with van der Waals surface area (Å²) in [6.07, 6.45) is 1.02. The van der Waals surface area contributed by atoms with E-state index < -0.39 is 0 Å². The third-order valence-corrected chi connectivity index (χ3v) is 2.30. The minimum absolute atomic E-state index is 0.532. The van der Waals surface area contributed by atoms with Gasteiger partial charge in [0.1, 0.15) is 5.69 Å². The van der Waals surface area contributed by atoms with Crippen LogP contribution < -0.4 is 4.90 Å². The van der Waals surface area contributed by atoms with Gasteiger partial charge in [-0.1, -0.05) is 0 Å². The van der Waals surface area contributed by atoms with Gasteiger partial charge in [-0.05, 0) is 35.4 Å². The summed E-state index contributed by atoms with van der Waals surface area (Å²) in [5.74, 6) is 0. The SMILES string of the molecule is CN1CCc2cc(N=O)ccc21. The Morgan fingerprint density at radius 1 is 1.50 bits per heavy atom. The van der Waals surface area contributed by atoms with Gasteiger partial charge in [0.15, 0.2) is 0 Å². The molecule has 1 aliphatic rings. The van der Waals surface area contributed by atoms with Crippen LogP contribution in [-0.2, 0) is 6.42 Å². The number of rotatable bonds is 1. The second-order valence-electron chi connectivity index (χ2n) is 3.08. The maximum atomic E-state index is 10.2. The second-order valence-corrected chi connectivity index (χ2v) is 3.08. The molecule has 0 radical (unpaired) electrons. The van der Waals surface area contributed by atoms with Gasteiger partial charge < -0.3 is 4.90 Å². The fourth-order valence-electron chi connectivity index (χ4n) is 1.61. The number of nitrogens with zero attached hydrogens (tertiary/aromatic N) is 2. The van der Waals surface area contributed by atoms with E-state index in [1.165, 1.54) is 11.3 Å². The summed E-state index contributed by atoms with van der Waals surface area (Å²) in [5.41, 5.74) is 2.99. The molecule has 2 rings (SSSR count). The second kappa shape index (κ2) is 2.59. The summed E-state index contributed by atoms with van der Waals surface area (Å²) < 4.78 is 0. The Kier molecular flexibility index (Phi) is 1.57. The van der Waals surface area contributed by atoms with E-state index in [-0.39, 0.29) is 0 Å². The molecular formula is C9H10N2O. The Morgan fingerprint density at radius 3 is 3.08 bits per heavy atom. The van der Waals surface area contributed by atoms with Crippen LogP contribution in [0.1, 0.15) is 5.56 Å². The molecule has 0 saturated heterocycles. The minimum atomic E-state index is 0.532. The number of nitroso groups, excluding NO2 is 1. The third kappa shape index (κ3) is 0.978. The topological polar surface area (TPSA) is 32.7 Å². The van der Waals surface area contributed by atoms with Crippen LogP contribution in [0.4, 0.5) is 11.4 Å². The van der Waals surface area contributed by atoms with Crippen molar-refractivity contribution >= 4 is 11.4 Å². The number of hydrogen-bond acceptors (Lipinski definition) is 3. The highest BCUT2D eigenvalue weighted by molar-refractivity contribution is 5.62. The van der Waals surface area contributed by atoms with Crippen LogP contribution in [-0.4, -0.2) is 13.6 Å². The number of hydrogen-bond donors (Lipinski definition) is 0. The molecule has 0 amide bonds. The predicted molar refractivity (Wildman–Crippen MR) is 48.9 cm³/mol. The summed E-state index contributed by atoms with van der Waals surface area (Å²) in [6, 6.07) is 5.58. The molecule has 62 valence electrons. The monoisotopic (exact) mass is 162 g/mol. The van der Waals surface area contributed by atoms with Crippen molar-refractivity contribution in [2.24, 2.45) is 5.18 Å². The van der Waals surface area contributed by atoms with E-state index in [4.69, 9.17) is 0 Å². The molecule has 0 bridgehead atoms.